The molecule has 0 heterocycles. The van der Waals surface area contributed by atoms with Gasteiger partial charge in [-0.2, -0.15) is 0 Å². The average molecular weight is 271 g/mol. The molecule has 1 N–H and O–H groups in total. The van der Waals surface area contributed by atoms with Crippen molar-refractivity contribution in [1.82, 2.24) is 0 Å². The van der Waals surface area contributed by atoms with Gasteiger partial charge in [-0.1, -0.05) is 79.1 Å². The SMILES string of the molecule is CCC(C)CCCCCC(CO)CCCC(C)CC. The van der Waals surface area contributed by atoms with Gasteiger partial charge in [0, 0.05) is 6.61 Å². The lowest BCUT2D eigenvalue weighted by Gasteiger charge is -2.15. The fourth-order valence-corrected chi connectivity index (χ4v) is 2.59. The minimum Gasteiger partial charge on any atom is -0.396 e. The number of hydrogen-bond donors (Lipinski definition) is 1. The second kappa shape index (κ2) is 13.0. The van der Waals surface area contributed by atoms with Gasteiger partial charge >= 0.3 is 0 Å². The number of aliphatic hydroxyl groups is 1. The molecule has 0 fully saturated rings. The van der Waals surface area contributed by atoms with Gasteiger partial charge in [0.05, 0.1) is 0 Å². The van der Waals surface area contributed by atoms with Crippen molar-refractivity contribution in [1.29, 1.82) is 0 Å². The van der Waals surface area contributed by atoms with Crippen molar-refractivity contribution in [3.63, 3.8) is 0 Å². The van der Waals surface area contributed by atoms with Crippen molar-refractivity contribution < 1.29 is 5.11 Å². The Labute approximate surface area is 122 Å². The van der Waals surface area contributed by atoms with E-state index >= 15 is 0 Å². The van der Waals surface area contributed by atoms with Gasteiger partial charge in [-0.15, -0.1) is 0 Å². The van der Waals surface area contributed by atoms with E-state index in [9.17, 15) is 5.11 Å². The topological polar surface area (TPSA) is 20.2 Å². The van der Waals surface area contributed by atoms with Crippen LogP contribution in [-0.4, -0.2) is 11.7 Å². The first-order chi connectivity index (χ1) is 9.13. The Kier molecular flexibility index (Phi) is 12.9. The van der Waals surface area contributed by atoms with Crippen molar-refractivity contribution in [3.05, 3.63) is 0 Å². The summed E-state index contributed by atoms with van der Waals surface area (Å²) in [6.07, 6.45) is 13.1. The molecular weight excluding hydrogens is 232 g/mol. The van der Waals surface area contributed by atoms with E-state index in [1.165, 1.54) is 64.2 Å². The van der Waals surface area contributed by atoms with Crippen LogP contribution in [0.3, 0.4) is 0 Å². The summed E-state index contributed by atoms with van der Waals surface area (Å²) in [7, 11) is 0. The van der Waals surface area contributed by atoms with Crippen LogP contribution in [0.5, 0.6) is 0 Å². The summed E-state index contributed by atoms with van der Waals surface area (Å²) in [5.41, 5.74) is 0. The smallest absolute Gasteiger partial charge is 0.0459 e. The van der Waals surface area contributed by atoms with Crippen LogP contribution in [0.1, 0.15) is 91.9 Å². The highest BCUT2D eigenvalue weighted by atomic mass is 16.3. The Hall–Kier alpha value is -0.0400. The lowest BCUT2D eigenvalue weighted by molar-refractivity contribution is 0.202. The predicted octanol–water partition coefficient (Wildman–Crippen LogP) is 5.81. The van der Waals surface area contributed by atoms with Crippen LogP contribution in [-0.2, 0) is 0 Å². The Morgan fingerprint density at radius 2 is 1.16 bits per heavy atom. The van der Waals surface area contributed by atoms with Crippen LogP contribution in [0.25, 0.3) is 0 Å². The molecule has 0 radical (unpaired) electrons. The molecule has 0 aliphatic carbocycles. The molecule has 3 unspecified atom stereocenters. The van der Waals surface area contributed by atoms with E-state index in [-0.39, 0.29) is 0 Å². The second-order valence-corrected chi connectivity index (χ2v) is 6.64. The zero-order chi connectivity index (χ0) is 14.5. The minimum atomic E-state index is 0.395. The summed E-state index contributed by atoms with van der Waals surface area (Å²) in [6, 6.07) is 0. The normalized spacial score (nSPS) is 16.3. The maximum absolute atomic E-state index is 9.43. The number of rotatable bonds is 13. The van der Waals surface area contributed by atoms with E-state index in [1.54, 1.807) is 0 Å². The number of unbranched alkanes of at least 4 members (excludes halogenated alkanes) is 2. The van der Waals surface area contributed by atoms with Crippen molar-refractivity contribution in [3.8, 4) is 0 Å². The van der Waals surface area contributed by atoms with Crippen molar-refractivity contribution in [2.24, 2.45) is 17.8 Å². The van der Waals surface area contributed by atoms with Gasteiger partial charge < -0.3 is 5.11 Å². The monoisotopic (exact) mass is 270 g/mol. The van der Waals surface area contributed by atoms with Crippen LogP contribution in [0, 0.1) is 17.8 Å². The van der Waals surface area contributed by atoms with Crippen molar-refractivity contribution >= 4 is 0 Å². The standard InChI is InChI=1S/C18H38O/c1-5-16(3)11-8-7-9-13-18(15-19)14-10-12-17(4)6-2/h16-19H,5-15H2,1-4H3. The summed E-state index contributed by atoms with van der Waals surface area (Å²) in [5.74, 6) is 2.31. The van der Waals surface area contributed by atoms with E-state index in [1.807, 2.05) is 0 Å². The van der Waals surface area contributed by atoms with Gasteiger partial charge in [0.2, 0.25) is 0 Å². The lowest BCUT2D eigenvalue weighted by atomic mass is 9.92. The van der Waals surface area contributed by atoms with E-state index in [0.29, 0.717) is 12.5 Å². The molecule has 0 bridgehead atoms. The zero-order valence-corrected chi connectivity index (χ0v) is 14.0. The van der Waals surface area contributed by atoms with E-state index in [4.69, 9.17) is 0 Å². The summed E-state index contributed by atoms with van der Waals surface area (Å²) in [4.78, 5) is 0. The highest BCUT2D eigenvalue weighted by molar-refractivity contribution is 4.61. The lowest BCUT2D eigenvalue weighted by Crippen LogP contribution is -2.07. The highest BCUT2D eigenvalue weighted by Crippen LogP contribution is 2.20. The Morgan fingerprint density at radius 1 is 0.684 bits per heavy atom. The first-order valence-corrected chi connectivity index (χ1v) is 8.74. The molecular formula is C18H38O. The van der Waals surface area contributed by atoms with E-state index in [0.717, 1.165) is 11.8 Å². The van der Waals surface area contributed by atoms with Crippen LogP contribution in [0.4, 0.5) is 0 Å². The number of aliphatic hydroxyl groups excluding tert-OH is 1. The maximum Gasteiger partial charge on any atom is 0.0459 e. The first-order valence-electron chi connectivity index (χ1n) is 8.74. The predicted molar refractivity (Wildman–Crippen MR) is 86.4 cm³/mol. The summed E-state index contributed by atoms with van der Waals surface area (Å²) in [5, 5.41) is 9.43. The molecule has 1 nitrogen and oxygen atoms in total. The third-order valence-corrected chi connectivity index (χ3v) is 4.77. The van der Waals surface area contributed by atoms with Crippen LogP contribution < -0.4 is 0 Å². The van der Waals surface area contributed by atoms with Crippen LogP contribution in [0.15, 0.2) is 0 Å². The summed E-state index contributed by atoms with van der Waals surface area (Å²) >= 11 is 0. The molecule has 1 heteroatoms. The van der Waals surface area contributed by atoms with Gasteiger partial charge in [-0.05, 0) is 30.6 Å². The Balaban J connectivity index is 3.48. The van der Waals surface area contributed by atoms with Crippen molar-refractivity contribution in [2.45, 2.75) is 91.9 Å². The highest BCUT2D eigenvalue weighted by Gasteiger charge is 2.08. The summed E-state index contributed by atoms with van der Waals surface area (Å²) < 4.78 is 0. The fraction of sp³-hybridized carbons (Fsp3) is 1.00. The Morgan fingerprint density at radius 3 is 1.68 bits per heavy atom. The molecule has 3 atom stereocenters. The van der Waals surface area contributed by atoms with Crippen LogP contribution >= 0.6 is 0 Å². The molecule has 0 spiro atoms. The second-order valence-electron chi connectivity index (χ2n) is 6.64. The van der Waals surface area contributed by atoms with E-state index in [2.05, 4.69) is 27.7 Å². The average Bonchev–Trinajstić information content (AvgIpc) is 2.44. The zero-order valence-electron chi connectivity index (χ0n) is 14.0. The van der Waals surface area contributed by atoms with Gasteiger partial charge in [0.15, 0.2) is 0 Å². The minimum absolute atomic E-state index is 0.395. The first kappa shape index (κ1) is 19.0. The fourth-order valence-electron chi connectivity index (χ4n) is 2.59. The molecule has 116 valence electrons. The largest absolute Gasteiger partial charge is 0.396 e. The maximum atomic E-state index is 9.43. The molecule has 0 aliphatic heterocycles. The van der Waals surface area contributed by atoms with Gasteiger partial charge in [0.1, 0.15) is 0 Å². The molecule has 0 aromatic heterocycles. The molecule has 0 rings (SSSR count). The van der Waals surface area contributed by atoms with E-state index < -0.39 is 0 Å². The molecule has 0 amide bonds. The third-order valence-electron chi connectivity index (χ3n) is 4.77. The molecule has 0 aromatic carbocycles. The summed E-state index contributed by atoms with van der Waals surface area (Å²) in [6.45, 7) is 9.63. The third kappa shape index (κ3) is 11.5. The molecule has 0 saturated carbocycles. The van der Waals surface area contributed by atoms with Gasteiger partial charge in [0.25, 0.3) is 0 Å². The number of hydrogen-bond acceptors (Lipinski definition) is 1. The molecule has 0 aromatic rings. The van der Waals surface area contributed by atoms with Crippen LogP contribution in [0.2, 0.25) is 0 Å². The molecule has 0 aliphatic rings. The quantitative estimate of drug-likeness (QED) is 0.419. The molecule has 0 saturated heterocycles. The Bertz CT molecular complexity index is 179. The van der Waals surface area contributed by atoms with Gasteiger partial charge in [-0.25, -0.2) is 0 Å². The van der Waals surface area contributed by atoms with Crippen molar-refractivity contribution in [2.75, 3.05) is 6.61 Å². The van der Waals surface area contributed by atoms with Gasteiger partial charge in [-0.3, -0.25) is 0 Å². The molecule has 19 heavy (non-hydrogen) atoms.